The lowest BCUT2D eigenvalue weighted by Crippen LogP contribution is -2.53. The summed E-state index contributed by atoms with van der Waals surface area (Å²) in [4.78, 5) is 8.96. The number of nitrogens with one attached hydrogen (secondary N) is 1. The minimum Gasteiger partial charge on any atom is -0.461 e. The van der Waals surface area contributed by atoms with Crippen LogP contribution in [0.2, 0.25) is 0 Å². The summed E-state index contributed by atoms with van der Waals surface area (Å²) in [6, 6.07) is 13.7. The molecule has 1 aromatic carbocycles. The molecule has 0 radical (unpaired) electrons. The highest BCUT2D eigenvalue weighted by molar-refractivity contribution is 6.03. The Labute approximate surface area is 139 Å². The molecular weight excluding hydrogens is 304 g/mol. The maximum Gasteiger partial charge on any atom is 0.286 e. The molecule has 0 bridgehead atoms. The van der Waals surface area contributed by atoms with Crippen molar-refractivity contribution in [2.75, 3.05) is 0 Å². The van der Waals surface area contributed by atoms with Gasteiger partial charge in [-0.1, -0.05) is 30.3 Å². The van der Waals surface area contributed by atoms with Gasteiger partial charge in [-0.2, -0.15) is 9.98 Å². The standard InChI is InChI=1S/C17H17N6O/c1-12(13-6-3-2-4-7-13)21-23-11-19-17(14-8-5-9-24-14)20-16(23)10-15(18)22-23/h2-12,21H,1H3,(H2,18,22)/q+1/t12?,23-/m0/s1. The lowest BCUT2D eigenvalue weighted by molar-refractivity contribution is -0.853. The van der Waals surface area contributed by atoms with Crippen molar-refractivity contribution in [2.24, 2.45) is 20.8 Å². The third kappa shape index (κ3) is 2.45. The molecule has 2 aliphatic rings. The predicted molar refractivity (Wildman–Crippen MR) is 91.7 cm³/mol. The summed E-state index contributed by atoms with van der Waals surface area (Å²) in [6.07, 6.45) is 5.00. The molecule has 1 unspecified atom stereocenters. The van der Waals surface area contributed by atoms with Crippen LogP contribution in [0.5, 0.6) is 0 Å². The van der Waals surface area contributed by atoms with Gasteiger partial charge in [0.05, 0.1) is 18.4 Å². The first-order chi connectivity index (χ1) is 11.7. The molecule has 0 spiro atoms. The van der Waals surface area contributed by atoms with Crippen molar-refractivity contribution in [1.29, 1.82) is 0 Å². The van der Waals surface area contributed by atoms with Crippen LogP contribution in [0.4, 0.5) is 0 Å². The largest absolute Gasteiger partial charge is 0.461 e. The molecular formula is C17H17N6O+. The SMILES string of the molecule is CC(N[N@+]12C=NC(c3ccco3)=NC1=CC(N)=N2)c1ccccc1. The number of benzene rings is 1. The highest BCUT2D eigenvalue weighted by Crippen LogP contribution is 2.28. The van der Waals surface area contributed by atoms with Crippen LogP contribution in [-0.2, 0) is 0 Å². The first-order valence-corrected chi connectivity index (χ1v) is 7.63. The van der Waals surface area contributed by atoms with Crippen LogP contribution in [-0.4, -0.2) is 22.7 Å². The molecule has 24 heavy (non-hydrogen) atoms. The zero-order valence-corrected chi connectivity index (χ0v) is 13.1. The normalized spacial score (nSPS) is 23.3. The van der Waals surface area contributed by atoms with E-state index in [0.29, 0.717) is 23.3 Å². The molecule has 7 nitrogen and oxygen atoms in total. The van der Waals surface area contributed by atoms with Crippen LogP contribution < -0.4 is 11.2 Å². The number of quaternary nitrogens is 1. The fourth-order valence-electron chi connectivity index (χ4n) is 2.73. The number of fused-ring (bicyclic) bond motifs is 1. The Balaban J connectivity index is 1.65. The third-order valence-corrected chi connectivity index (χ3v) is 3.90. The number of rotatable bonds is 4. The van der Waals surface area contributed by atoms with E-state index in [9.17, 15) is 0 Å². The molecule has 0 saturated heterocycles. The summed E-state index contributed by atoms with van der Waals surface area (Å²) in [6.45, 7) is 2.06. The van der Waals surface area contributed by atoms with E-state index in [4.69, 9.17) is 10.2 Å². The van der Waals surface area contributed by atoms with Gasteiger partial charge in [-0.3, -0.25) is 0 Å². The van der Waals surface area contributed by atoms with Gasteiger partial charge in [0.2, 0.25) is 12.2 Å². The van der Waals surface area contributed by atoms with Crippen molar-refractivity contribution in [3.05, 3.63) is 71.9 Å². The van der Waals surface area contributed by atoms with E-state index in [1.54, 1.807) is 24.7 Å². The van der Waals surface area contributed by atoms with Gasteiger partial charge in [-0.25, -0.2) is 0 Å². The molecule has 3 heterocycles. The summed E-state index contributed by atoms with van der Waals surface area (Å²) >= 11 is 0. The first-order valence-electron chi connectivity index (χ1n) is 7.63. The second kappa shape index (κ2) is 5.55. The van der Waals surface area contributed by atoms with Crippen LogP contribution in [0, 0.1) is 0 Å². The van der Waals surface area contributed by atoms with E-state index < -0.39 is 0 Å². The molecule has 2 aromatic rings. The molecule has 3 N–H and O–H groups in total. The van der Waals surface area contributed by atoms with Crippen molar-refractivity contribution < 1.29 is 9.12 Å². The number of hydrogen-bond acceptors (Lipinski definition) is 6. The van der Waals surface area contributed by atoms with Crippen LogP contribution in [0.3, 0.4) is 0 Å². The number of aliphatic imine (C=N–C) groups is 2. The molecule has 0 amide bonds. The van der Waals surface area contributed by atoms with Gasteiger partial charge in [0.15, 0.2) is 11.6 Å². The second-order valence-electron chi connectivity index (χ2n) is 5.63. The average Bonchev–Trinajstić information content (AvgIpc) is 3.22. The lowest BCUT2D eigenvalue weighted by Gasteiger charge is -2.28. The maximum absolute atomic E-state index is 5.92. The highest BCUT2D eigenvalue weighted by atomic mass is 16.3. The average molecular weight is 321 g/mol. The number of amidine groups is 2. The number of hydrogen-bond donors (Lipinski definition) is 2. The molecule has 2 atom stereocenters. The molecule has 4 rings (SSSR count). The Morgan fingerprint density at radius 2 is 2.00 bits per heavy atom. The second-order valence-corrected chi connectivity index (χ2v) is 5.63. The minimum absolute atomic E-state index is 0.0241. The van der Waals surface area contributed by atoms with Crippen molar-refractivity contribution in [3.63, 3.8) is 0 Å². The summed E-state index contributed by atoms with van der Waals surface area (Å²) in [5.74, 6) is 2.15. The first kappa shape index (κ1) is 14.6. The van der Waals surface area contributed by atoms with E-state index in [2.05, 4.69) is 39.6 Å². The summed E-state index contributed by atoms with van der Waals surface area (Å²) in [5, 5.41) is 4.46. The molecule has 1 aromatic heterocycles. The van der Waals surface area contributed by atoms with Gasteiger partial charge in [-0.05, 0) is 34.4 Å². The number of nitrogens with zero attached hydrogens (tertiary/aromatic N) is 4. The Hall–Kier alpha value is -3.03. The minimum atomic E-state index is -0.0634. The van der Waals surface area contributed by atoms with Crippen LogP contribution >= 0.6 is 0 Å². The van der Waals surface area contributed by atoms with Crippen molar-refractivity contribution in [3.8, 4) is 0 Å². The molecule has 0 fully saturated rings. The molecule has 0 saturated carbocycles. The van der Waals surface area contributed by atoms with Crippen LogP contribution in [0.15, 0.2) is 80.1 Å². The van der Waals surface area contributed by atoms with Gasteiger partial charge >= 0.3 is 0 Å². The van der Waals surface area contributed by atoms with Crippen molar-refractivity contribution >= 4 is 18.0 Å². The van der Waals surface area contributed by atoms with Crippen LogP contribution in [0.25, 0.3) is 0 Å². The molecule has 2 aliphatic heterocycles. The number of furan rings is 1. The third-order valence-electron chi connectivity index (χ3n) is 3.90. The van der Waals surface area contributed by atoms with E-state index in [-0.39, 0.29) is 10.7 Å². The Morgan fingerprint density at radius 3 is 2.75 bits per heavy atom. The fraction of sp³-hybridized carbons (Fsp3) is 0.118. The van der Waals surface area contributed by atoms with E-state index in [1.165, 1.54) is 0 Å². The molecule has 0 aliphatic carbocycles. The van der Waals surface area contributed by atoms with Gasteiger partial charge < -0.3 is 10.2 Å². The monoisotopic (exact) mass is 321 g/mol. The highest BCUT2D eigenvalue weighted by Gasteiger charge is 2.43. The quantitative estimate of drug-likeness (QED) is 0.847. The fourth-order valence-corrected chi connectivity index (χ4v) is 2.73. The van der Waals surface area contributed by atoms with E-state index >= 15 is 0 Å². The van der Waals surface area contributed by atoms with Gasteiger partial charge in [0.1, 0.15) is 0 Å². The van der Waals surface area contributed by atoms with Gasteiger partial charge in [0, 0.05) is 0 Å². The Bertz CT molecular complexity index is 866. The summed E-state index contributed by atoms with van der Waals surface area (Å²) in [7, 11) is 0. The summed E-state index contributed by atoms with van der Waals surface area (Å²) in [5.41, 5.74) is 10.5. The molecule has 7 heteroatoms. The van der Waals surface area contributed by atoms with E-state index in [1.807, 2.05) is 24.3 Å². The maximum atomic E-state index is 5.92. The zero-order chi connectivity index (χ0) is 16.6. The van der Waals surface area contributed by atoms with E-state index in [0.717, 1.165) is 5.56 Å². The lowest BCUT2D eigenvalue weighted by atomic mass is 10.1. The Kier molecular flexibility index (Phi) is 3.37. The van der Waals surface area contributed by atoms with Crippen molar-refractivity contribution in [1.82, 2.24) is 5.43 Å². The number of nitrogens with two attached hydrogens (primary N) is 1. The topological polar surface area (TPSA) is 88.3 Å². The van der Waals surface area contributed by atoms with Crippen LogP contribution in [0.1, 0.15) is 24.3 Å². The predicted octanol–water partition coefficient (Wildman–Crippen LogP) is 2.28. The zero-order valence-electron chi connectivity index (χ0n) is 13.1. The Morgan fingerprint density at radius 1 is 1.17 bits per heavy atom. The molecule has 120 valence electrons. The summed E-state index contributed by atoms with van der Waals surface area (Å²) < 4.78 is 5.30. The van der Waals surface area contributed by atoms with Crippen molar-refractivity contribution in [2.45, 2.75) is 13.0 Å². The van der Waals surface area contributed by atoms with Gasteiger partial charge in [-0.15, -0.1) is 5.43 Å². The van der Waals surface area contributed by atoms with Gasteiger partial charge in [0.25, 0.3) is 5.82 Å². The smallest absolute Gasteiger partial charge is 0.286 e.